The fraction of sp³-hybridized carbons (Fsp3) is 0.417. The molecule has 1 aromatic rings. The van der Waals surface area contributed by atoms with Gasteiger partial charge in [-0.2, -0.15) is 0 Å². The molecule has 1 atom stereocenters. The molecular weight excluding hydrogens is 193 g/mol. The number of unbranched alkanes of at least 4 members (excludes halogenated alkanes) is 1. The van der Waals surface area contributed by atoms with E-state index in [1.165, 1.54) is 12.3 Å². The molecule has 0 aliphatic heterocycles. The van der Waals surface area contributed by atoms with Crippen LogP contribution >= 0.6 is 0 Å². The molecule has 1 unspecified atom stereocenters. The average molecular weight is 207 g/mol. The summed E-state index contributed by atoms with van der Waals surface area (Å²) >= 11 is 0. The van der Waals surface area contributed by atoms with Crippen molar-refractivity contribution < 1.29 is 9.50 Å². The zero-order chi connectivity index (χ0) is 11.3. The van der Waals surface area contributed by atoms with Crippen LogP contribution in [0.5, 0.6) is 0 Å². The number of pyridine rings is 1. The van der Waals surface area contributed by atoms with Gasteiger partial charge in [0.1, 0.15) is 5.82 Å². The molecule has 0 fully saturated rings. The number of aromatic nitrogens is 1. The van der Waals surface area contributed by atoms with Gasteiger partial charge in [-0.25, -0.2) is 4.39 Å². The van der Waals surface area contributed by atoms with E-state index in [9.17, 15) is 9.50 Å². The molecule has 1 rings (SSSR count). The summed E-state index contributed by atoms with van der Waals surface area (Å²) in [5.74, 6) is 2.06. The van der Waals surface area contributed by atoms with Crippen molar-refractivity contribution in [3.8, 4) is 12.3 Å². The minimum absolute atomic E-state index is 0.440. The van der Waals surface area contributed by atoms with Crippen molar-refractivity contribution in [2.24, 2.45) is 0 Å². The molecule has 0 amide bonds. The molecule has 15 heavy (non-hydrogen) atoms. The van der Waals surface area contributed by atoms with Crippen molar-refractivity contribution in [1.82, 2.24) is 4.98 Å². The first-order valence-electron chi connectivity index (χ1n) is 4.83. The Morgan fingerprint density at radius 3 is 2.93 bits per heavy atom. The van der Waals surface area contributed by atoms with Gasteiger partial charge in [0, 0.05) is 18.2 Å². The zero-order valence-corrected chi connectivity index (χ0v) is 8.70. The van der Waals surface area contributed by atoms with Crippen LogP contribution in [0.2, 0.25) is 0 Å². The highest BCUT2D eigenvalue weighted by Gasteiger charge is 2.23. The van der Waals surface area contributed by atoms with Crippen LogP contribution in [0.4, 0.5) is 4.39 Å². The van der Waals surface area contributed by atoms with Crippen LogP contribution in [0, 0.1) is 18.2 Å². The maximum Gasteiger partial charge on any atom is 0.141 e. The maximum absolute atomic E-state index is 12.9. The summed E-state index contributed by atoms with van der Waals surface area (Å²) in [6.45, 7) is 1.64. The third kappa shape index (κ3) is 3.34. The molecule has 2 nitrogen and oxygen atoms in total. The molecule has 0 aliphatic rings. The minimum Gasteiger partial charge on any atom is -0.385 e. The highest BCUT2D eigenvalue weighted by atomic mass is 19.1. The second-order valence-corrected chi connectivity index (χ2v) is 3.72. The van der Waals surface area contributed by atoms with E-state index in [2.05, 4.69) is 10.9 Å². The molecule has 0 aliphatic carbocycles. The SMILES string of the molecule is C#CCCCC(C)(O)c1cncc(F)c1. The van der Waals surface area contributed by atoms with Gasteiger partial charge in [0.05, 0.1) is 11.8 Å². The van der Waals surface area contributed by atoms with Gasteiger partial charge in [-0.15, -0.1) is 12.3 Å². The first kappa shape index (κ1) is 11.7. The molecule has 0 bridgehead atoms. The van der Waals surface area contributed by atoms with Crippen molar-refractivity contribution >= 4 is 0 Å². The maximum atomic E-state index is 12.9. The van der Waals surface area contributed by atoms with Crippen LogP contribution in [-0.2, 0) is 5.60 Å². The Hall–Kier alpha value is -1.40. The molecule has 80 valence electrons. The monoisotopic (exact) mass is 207 g/mol. The number of hydrogen-bond donors (Lipinski definition) is 1. The van der Waals surface area contributed by atoms with Crippen LogP contribution in [0.25, 0.3) is 0 Å². The second-order valence-electron chi connectivity index (χ2n) is 3.72. The Balaban J connectivity index is 2.73. The van der Waals surface area contributed by atoms with Crippen molar-refractivity contribution in [3.63, 3.8) is 0 Å². The number of terminal acetylenes is 1. The third-order valence-electron chi connectivity index (χ3n) is 2.31. The molecule has 1 N–H and O–H groups in total. The molecule has 0 spiro atoms. The van der Waals surface area contributed by atoms with E-state index in [-0.39, 0.29) is 0 Å². The number of hydrogen-bond acceptors (Lipinski definition) is 2. The lowest BCUT2D eigenvalue weighted by molar-refractivity contribution is 0.0453. The highest BCUT2D eigenvalue weighted by molar-refractivity contribution is 5.17. The Morgan fingerprint density at radius 2 is 2.33 bits per heavy atom. The average Bonchev–Trinajstić information content (AvgIpc) is 2.18. The lowest BCUT2D eigenvalue weighted by Gasteiger charge is -2.22. The quantitative estimate of drug-likeness (QED) is 0.606. The summed E-state index contributed by atoms with van der Waals surface area (Å²) in [4.78, 5) is 3.70. The van der Waals surface area contributed by atoms with E-state index < -0.39 is 11.4 Å². The number of nitrogens with zero attached hydrogens (tertiary/aromatic N) is 1. The Morgan fingerprint density at radius 1 is 1.60 bits per heavy atom. The fourth-order valence-corrected chi connectivity index (χ4v) is 1.39. The van der Waals surface area contributed by atoms with E-state index in [4.69, 9.17) is 6.42 Å². The van der Waals surface area contributed by atoms with E-state index in [1.807, 2.05) is 0 Å². The Bertz CT molecular complexity index is 368. The van der Waals surface area contributed by atoms with Crippen LogP contribution in [-0.4, -0.2) is 10.1 Å². The van der Waals surface area contributed by atoms with Gasteiger partial charge in [0.2, 0.25) is 0 Å². The Labute approximate surface area is 89.2 Å². The van der Waals surface area contributed by atoms with Gasteiger partial charge in [0.15, 0.2) is 0 Å². The van der Waals surface area contributed by atoms with Gasteiger partial charge in [-0.05, 0) is 25.8 Å². The molecular formula is C12H14FNO. The molecule has 3 heteroatoms. The van der Waals surface area contributed by atoms with Crippen molar-refractivity contribution in [2.75, 3.05) is 0 Å². The molecule has 1 heterocycles. The van der Waals surface area contributed by atoms with E-state index in [0.29, 0.717) is 24.8 Å². The summed E-state index contributed by atoms with van der Waals surface area (Å²) in [6.07, 6.45) is 9.52. The number of rotatable bonds is 4. The van der Waals surface area contributed by atoms with Gasteiger partial charge in [0.25, 0.3) is 0 Å². The summed E-state index contributed by atoms with van der Waals surface area (Å²) in [5.41, 5.74) is -0.578. The number of halogens is 1. The molecule has 0 aromatic carbocycles. The summed E-state index contributed by atoms with van der Waals surface area (Å²) in [7, 11) is 0. The van der Waals surface area contributed by atoms with Gasteiger partial charge < -0.3 is 5.11 Å². The summed E-state index contributed by atoms with van der Waals surface area (Å²) in [5, 5.41) is 10.1. The minimum atomic E-state index is -1.06. The lowest BCUT2D eigenvalue weighted by atomic mass is 9.92. The van der Waals surface area contributed by atoms with Gasteiger partial charge in [-0.3, -0.25) is 4.98 Å². The lowest BCUT2D eigenvalue weighted by Crippen LogP contribution is -2.21. The van der Waals surface area contributed by atoms with Crippen LogP contribution in [0.15, 0.2) is 18.5 Å². The first-order chi connectivity index (χ1) is 7.06. The van der Waals surface area contributed by atoms with Crippen LogP contribution < -0.4 is 0 Å². The van der Waals surface area contributed by atoms with E-state index in [0.717, 1.165) is 6.20 Å². The van der Waals surface area contributed by atoms with Gasteiger partial charge in [-0.1, -0.05) is 0 Å². The molecule has 0 radical (unpaired) electrons. The molecule has 0 saturated carbocycles. The predicted octanol–water partition coefficient (Wildman–Crippen LogP) is 2.23. The summed E-state index contributed by atoms with van der Waals surface area (Å²) < 4.78 is 12.9. The fourth-order valence-electron chi connectivity index (χ4n) is 1.39. The smallest absolute Gasteiger partial charge is 0.141 e. The second kappa shape index (κ2) is 4.90. The van der Waals surface area contributed by atoms with Crippen molar-refractivity contribution in [3.05, 3.63) is 29.8 Å². The number of aliphatic hydroxyl groups is 1. The van der Waals surface area contributed by atoms with Gasteiger partial charge >= 0.3 is 0 Å². The molecule has 0 saturated heterocycles. The largest absolute Gasteiger partial charge is 0.385 e. The predicted molar refractivity (Wildman–Crippen MR) is 56.4 cm³/mol. The van der Waals surface area contributed by atoms with E-state index in [1.54, 1.807) is 6.92 Å². The topological polar surface area (TPSA) is 33.1 Å². The summed E-state index contributed by atoms with van der Waals surface area (Å²) in [6, 6.07) is 1.29. The molecule has 1 aromatic heterocycles. The van der Waals surface area contributed by atoms with Crippen molar-refractivity contribution in [2.45, 2.75) is 31.8 Å². The standard InChI is InChI=1S/C12H14FNO/c1-3-4-5-6-12(2,15)10-7-11(13)9-14-8-10/h1,7-9,15H,4-6H2,2H3. The Kier molecular flexibility index (Phi) is 3.81. The first-order valence-corrected chi connectivity index (χ1v) is 4.83. The van der Waals surface area contributed by atoms with Crippen LogP contribution in [0.3, 0.4) is 0 Å². The normalized spacial score (nSPS) is 14.3. The highest BCUT2D eigenvalue weighted by Crippen LogP contribution is 2.26. The van der Waals surface area contributed by atoms with Crippen LogP contribution in [0.1, 0.15) is 31.7 Å². The van der Waals surface area contributed by atoms with Crippen molar-refractivity contribution in [1.29, 1.82) is 0 Å². The zero-order valence-electron chi connectivity index (χ0n) is 8.70. The van der Waals surface area contributed by atoms with E-state index >= 15 is 0 Å². The third-order valence-corrected chi connectivity index (χ3v) is 2.31.